The van der Waals surface area contributed by atoms with E-state index in [0.29, 0.717) is 10.6 Å². The second-order valence-electron chi connectivity index (χ2n) is 6.91. The molecule has 2 aromatic rings. The Morgan fingerprint density at radius 2 is 1.76 bits per heavy atom. The molecule has 0 fully saturated rings. The molecule has 0 aromatic heterocycles. The maximum absolute atomic E-state index is 12.1. The molecule has 4 nitrogen and oxygen atoms in total. The van der Waals surface area contributed by atoms with Gasteiger partial charge in [-0.3, -0.25) is 0 Å². The SMILES string of the molecule is CC(C)(C)c1ccc(OCCNS(=O)(=O)Cc2cccc(Cl)c2)cc1. The Morgan fingerprint density at radius 1 is 1.08 bits per heavy atom. The highest BCUT2D eigenvalue weighted by molar-refractivity contribution is 7.88. The molecule has 0 aliphatic carbocycles. The molecule has 0 spiro atoms. The molecule has 6 heteroatoms. The highest BCUT2D eigenvalue weighted by Gasteiger charge is 2.13. The summed E-state index contributed by atoms with van der Waals surface area (Å²) < 4.78 is 32.3. The molecule has 2 aromatic carbocycles. The first-order valence-corrected chi connectivity index (χ1v) is 10.1. The third-order valence-corrected chi connectivity index (χ3v) is 5.25. The molecule has 0 atom stereocenters. The Morgan fingerprint density at radius 3 is 2.36 bits per heavy atom. The van der Waals surface area contributed by atoms with Crippen molar-refractivity contribution in [1.82, 2.24) is 4.72 Å². The van der Waals surface area contributed by atoms with Gasteiger partial charge in [-0.25, -0.2) is 13.1 Å². The van der Waals surface area contributed by atoms with E-state index >= 15 is 0 Å². The van der Waals surface area contributed by atoms with Crippen molar-refractivity contribution in [2.24, 2.45) is 0 Å². The van der Waals surface area contributed by atoms with E-state index in [0.717, 1.165) is 5.75 Å². The van der Waals surface area contributed by atoms with Crippen LogP contribution in [0.25, 0.3) is 0 Å². The van der Waals surface area contributed by atoms with Crippen molar-refractivity contribution in [2.75, 3.05) is 13.2 Å². The van der Waals surface area contributed by atoms with Crippen LogP contribution in [-0.4, -0.2) is 21.6 Å². The number of nitrogens with one attached hydrogen (secondary N) is 1. The van der Waals surface area contributed by atoms with E-state index in [2.05, 4.69) is 25.5 Å². The molecule has 136 valence electrons. The summed E-state index contributed by atoms with van der Waals surface area (Å²) in [6.07, 6.45) is 0. The fourth-order valence-corrected chi connectivity index (χ4v) is 3.64. The lowest BCUT2D eigenvalue weighted by Gasteiger charge is -2.19. The number of hydrogen-bond acceptors (Lipinski definition) is 3. The molecule has 0 bridgehead atoms. The molecular weight excluding hydrogens is 358 g/mol. The van der Waals surface area contributed by atoms with Crippen LogP contribution in [-0.2, 0) is 21.2 Å². The number of halogens is 1. The van der Waals surface area contributed by atoms with Gasteiger partial charge in [0.25, 0.3) is 0 Å². The number of benzene rings is 2. The van der Waals surface area contributed by atoms with E-state index in [9.17, 15) is 8.42 Å². The van der Waals surface area contributed by atoms with Crippen molar-refractivity contribution in [1.29, 1.82) is 0 Å². The second-order valence-corrected chi connectivity index (χ2v) is 9.15. The fourth-order valence-electron chi connectivity index (χ4n) is 2.31. The molecule has 0 aliphatic rings. The number of ether oxygens (including phenoxy) is 1. The third-order valence-electron chi connectivity index (χ3n) is 3.66. The minimum atomic E-state index is -3.42. The molecule has 2 rings (SSSR count). The molecule has 0 unspecified atom stereocenters. The number of sulfonamides is 1. The van der Waals surface area contributed by atoms with E-state index in [1.54, 1.807) is 24.3 Å². The van der Waals surface area contributed by atoms with Crippen LogP contribution in [0.4, 0.5) is 0 Å². The molecule has 0 heterocycles. The van der Waals surface area contributed by atoms with Crippen molar-refractivity contribution in [2.45, 2.75) is 31.9 Å². The summed E-state index contributed by atoms with van der Waals surface area (Å²) in [6, 6.07) is 14.7. The van der Waals surface area contributed by atoms with Crippen LogP contribution in [0.15, 0.2) is 48.5 Å². The van der Waals surface area contributed by atoms with Gasteiger partial charge in [-0.15, -0.1) is 0 Å². The number of rotatable bonds is 7. The third kappa shape index (κ3) is 6.69. The maximum atomic E-state index is 12.1. The van der Waals surface area contributed by atoms with E-state index in [4.69, 9.17) is 16.3 Å². The van der Waals surface area contributed by atoms with E-state index in [1.807, 2.05) is 24.3 Å². The monoisotopic (exact) mass is 381 g/mol. The minimum Gasteiger partial charge on any atom is -0.492 e. The largest absolute Gasteiger partial charge is 0.492 e. The smallest absolute Gasteiger partial charge is 0.215 e. The van der Waals surface area contributed by atoms with Crippen molar-refractivity contribution in [3.63, 3.8) is 0 Å². The minimum absolute atomic E-state index is 0.0918. The summed E-state index contributed by atoms with van der Waals surface area (Å²) in [6.45, 7) is 6.93. The van der Waals surface area contributed by atoms with Crippen LogP contribution >= 0.6 is 11.6 Å². The molecular formula is C19H24ClNO3S. The average molecular weight is 382 g/mol. The van der Waals surface area contributed by atoms with Crippen LogP contribution in [0.1, 0.15) is 31.9 Å². The zero-order chi connectivity index (χ0) is 18.5. The normalized spacial score (nSPS) is 12.2. The van der Waals surface area contributed by atoms with Crippen molar-refractivity contribution < 1.29 is 13.2 Å². The Bertz CT molecular complexity index is 796. The summed E-state index contributed by atoms with van der Waals surface area (Å²) in [4.78, 5) is 0. The van der Waals surface area contributed by atoms with Crippen molar-refractivity contribution >= 4 is 21.6 Å². The van der Waals surface area contributed by atoms with Crippen molar-refractivity contribution in [3.05, 3.63) is 64.7 Å². The predicted molar refractivity (Wildman–Crippen MR) is 103 cm³/mol. The van der Waals surface area contributed by atoms with Crippen LogP contribution in [0.2, 0.25) is 5.02 Å². The summed E-state index contributed by atoms with van der Waals surface area (Å²) in [7, 11) is -3.42. The Balaban J connectivity index is 1.80. The summed E-state index contributed by atoms with van der Waals surface area (Å²) in [5.74, 6) is 0.621. The van der Waals surface area contributed by atoms with Gasteiger partial charge in [-0.05, 0) is 40.8 Å². The zero-order valence-corrected chi connectivity index (χ0v) is 16.3. The lowest BCUT2D eigenvalue weighted by atomic mass is 9.87. The summed E-state index contributed by atoms with van der Waals surface area (Å²) in [5.41, 5.74) is 1.97. The van der Waals surface area contributed by atoms with Crippen LogP contribution in [0.3, 0.4) is 0 Å². The Labute approximate surface area is 155 Å². The van der Waals surface area contributed by atoms with Gasteiger partial charge in [-0.1, -0.05) is 56.6 Å². The Hall–Kier alpha value is -1.56. The number of hydrogen-bond donors (Lipinski definition) is 1. The molecule has 0 aliphatic heterocycles. The standard InChI is InChI=1S/C19H24ClNO3S/c1-19(2,3)16-7-9-18(10-8-16)24-12-11-21-25(22,23)14-15-5-4-6-17(20)13-15/h4-10,13,21H,11-12,14H2,1-3H3. The van der Waals surface area contributed by atoms with Gasteiger partial charge >= 0.3 is 0 Å². The van der Waals surface area contributed by atoms with Gasteiger partial charge < -0.3 is 4.74 Å². The zero-order valence-electron chi connectivity index (χ0n) is 14.8. The van der Waals surface area contributed by atoms with Gasteiger partial charge in [-0.2, -0.15) is 0 Å². The molecule has 1 N–H and O–H groups in total. The van der Waals surface area contributed by atoms with Crippen LogP contribution in [0.5, 0.6) is 5.75 Å². The summed E-state index contributed by atoms with van der Waals surface area (Å²) in [5, 5.41) is 0.523. The first kappa shape index (κ1) is 19.8. The van der Waals surface area contributed by atoms with E-state index in [-0.39, 0.29) is 24.3 Å². The van der Waals surface area contributed by atoms with Crippen molar-refractivity contribution in [3.8, 4) is 5.75 Å². The van der Waals surface area contributed by atoms with Gasteiger partial charge in [0.1, 0.15) is 12.4 Å². The fraction of sp³-hybridized carbons (Fsp3) is 0.368. The second kappa shape index (κ2) is 8.21. The lowest BCUT2D eigenvalue weighted by Crippen LogP contribution is -2.29. The topological polar surface area (TPSA) is 55.4 Å². The molecule has 0 saturated carbocycles. The predicted octanol–water partition coefficient (Wildman–Crippen LogP) is 4.14. The summed E-state index contributed by atoms with van der Waals surface area (Å²) >= 11 is 5.87. The maximum Gasteiger partial charge on any atom is 0.215 e. The lowest BCUT2D eigenvalue weighted by molar-refractivity contribution is 0.322. The molecule has 0 radical (unpaired) electrons. The highest BCUT2D eigenvalue weighted by atomic mass is 35.5. The quantitative estimate of drug-likeness (QED) is 0.733. The van der Waals surface area contributed by atoms with Gasteiger partial charge in [0.05, 0.1) is 5.75 Å². The molecule has 0 saturated heterocycles. The molecule has 0 amide bonds. The van der Waals surface area contributed by atoms with Gasteiger partial charge in [0, 0.05) is 11.6 Å². The highest BCUT2D eigenvalue weighted by Crippen LogP contribution is 2.24. The van der Waals surface area contributed by atoms with Crippen LogP contribution in [0, 0.1) is 0 Å². The first-order chi connectivity index (χ1) is 11.7. The average Bonchev–Trinajstić information content (AvgIpc) is 2.51. The van der Waals surface area contributed by atoms with Gasteiger partial charge in [0.2, 0.25) is 10.0 Å². The van der Waals surface area contributed by atoms with Gasteiger partial charge in [0.15, 0.2) is 0 Å². The van der Waals surface area contributed by atoms with Crippen LogP contribution < -0.4 is 9.46 Å². The van der Waals surface area contributed by atoms with E-state index in [1.165, 1.54) is 5.56 Å². The van der Waals surface area contributed by atoms with E-state index < -0.39 is 10.0 Å². The molecule has 25 heavy (non-hydrogen) atoms. The first-order valence-electron chi connectivity index (χ1n) is 8.11. The Kier molecular flexibility index (Phi) is 6.49.